The molecule has 0 atom stereocenters. The van der Waals surface area contributed by atoms with E-state index >= 15 is 0 Å². The Morgan fingerprint density at radius 1 is 1.07 bits per heavy atom. The Bertz CT molecular complexity index is 276. The third kappa shape index (κ3) is 4.43. The second-order valence-corrected chi connectivity index (χ2v) is 3.63. The van der Waals surface area contributed by atoms with E-state index in [2.05, 4.69) is 0 Å². The van der Waals surface area contributed by atoms with Gasteiger partial charge in [-0.05, 0) is 31.4 Å². The molecule has 0 radical (unpaired) electrons. The number of alkyl halides is 1. The van der Waals surface area contributed by atoms with Gasteiger partial charge in [-0.15, -0.1) is 11.6 Å². The summed E-state index contributed by atoms with van der Waals surface area (Å²) >= 11 is 5.58. The zero-order chi connectivity index (χ0) is 10.9. The molecular formula is C12H17ClO2. The Kier molecular flexibility index (Phi) is 6.02. The van der Waals surface area contributed by atoms with Crippen molar-refractivity contribution in [3.05, 3.63) is 24.3 Å². The van der Waals surface area contributed by atoms with Crippen molar-refractivity contribution in [2.45, 2.75) is 19.3 Å². The Morgan fingerprint density at radius 3 is 2.47 bits per heavy atom. The van der Waals surface area contributed by atoms with Crippen LogP contribution in [0.15, 0.2) is 24.3 Å². The SMILES string of the molecule is COc1ccccc1OCCCCCCl. The van der Waals surface area contributed by atoms with Gasteiger partial charge in [0, 0.05) is 5.88 Å². The minimum atomic E-state index is 0.720. The topological polar surface area (TPSA) is 18.5 Å². The lowest BCUT2D eigenvalue weighted by Crippen LogP contribution is -1.99. The van der Waals surface area contributed by atoms with Gasteiger partial charge < -0.3 is 9.47 Å². The van der Waals surface area contributed by atoms with E-state index in [1.54, 1.807) is 7.11 Å². The van der Waals surface area contributed by atoms with Crippen LogP contribution in [0.5, 0.6) is 11.5 Å². The van der Waals surface area contributed by atoms with Gasteiger partial charge in [0.05, 0.1) is 13.7 Å². The van der Waals surface area contributed by atoms with Crippen LogP contribution < -0.4 is 9.47 Å². The van der Waals surface area contributed by atoms with Gasteiger partial charge in [-0.25, -0.2) is 0 Å². The van der Waals surface area contributed by atoms with Crippen molar-refractivity contribution in [3.8, 4) is 11.5 Å². The van der Waals surface area contributed by atoms with E-state index in [1.165, 1.54) is 0 Å². The molecule has 0 aromatic heterocycles. The van der Waals surface area contributed by atoms with Gasteiger partial charge in [0.15, 0.2) is 11.5 Å². The summed E-state index contributed by atoms with van der Waals surface area (Å²) in [7, 11) is 1.65. The van der Waals surface area contributed by atoms with Crippen LogP contribution in [0, 0.1) is 0 Å². The van der Waals surface area contributed by atoms with Crippen molar-refractivity contribution in [2.75, 3.05) is 19.6 Å². The van der Waals surface area contributed by atoms with E-state index in [0.29, 0.717) is 0 Å². The zero-order valence-corrected chi connectivity index (χ0v) is 9.80. The summed E-state index contributed by atoms with van der Waals surface area (Å²) in [5, 5.41) is 0. The van der Waals surface area contributed by atoms with Crippen LogP contribution >= 0.6 is 11.6 Å². The summed E-state index contributed by atoms with van der Waals surface area (Å²) in [5.74, 6) is 2.33. The van der Waals surface area contributed by atoms with E-state index in [1.807, 2.05) is 24.3 Å². The normalized spacial score (nSPS) is 10.0. The Morgan fingerprint density at radius 2 is 1.80 bits per heavy atom. The second kappa shape index (κ2) is 7.41. The molecule has 0 heterocycles. The van der Waals surface area contributed by atoms with Gasteiger partial charge in [0.25, 0.3) is 0 Å². The molecule has 1 aromatic rings. The highest BCUT2D eigenvalue weighted by Gasteiger charge is 2.01. The lowest BCUT2D eigenvalue weighted by atomic mass is 10.2. The molecule has 3 heteroatoms. The molecule has 1 rings (SSSR count). The lowest BCUT2D eigenvalue weighted by Gasteiger charge is -2.09. The van der Waals surface area contributed by atoms with Crippen LogP contribution in [-0.2, 0) is 0 Å². The van der Waals surface area contributed by atoms with Gasteiger partial charge in [-0.1, -0.05) is 12.1 Å². The smallest absolute Gasteiger partial charge is 0.161 e. The summed E-state index contributed by atoms with van der Waals surface area (Å²) in [6, 6.07) is 7.68. The number of hydrogen-bond acceptors (Lipinski definition) is 2. The summed E-state index contributed by atoms with van der Waals surface area (Å²) in [6.07, 6.45) is 3.19. The fourth-order valence-electron chi connectivity index (χ4n) is 1.29. The molecule has 0 aliphatic rings. The van der Waals surface area contributed by atoms with Crippen LogP contribution in [-0.4, -0.2) is 19.6 Å². The molecule has 2 nitrogen and oxygen atoms in total. The molecular weight excluding hydrogens is 212 g/mol. The molecule has 84 valence electrons. The molecule has 0 aliphatic heterocycles. The standard InChI is InChI=1S/C12H17ClO2/c1-14-11-7-3-4-8-12(11)15-10-6-2-5-9-13/h3-4,7-8H,2,5-6,9-10H2,1H3. The first kappa shape index (κ1) is 12.2. The zero-order valence-electron chi connectivity index (χ0n) is 9.04. The van der Waals surface area contributed by atoms with Gasteiger partial charge >= 0.3 is 0 Å². The number of halogens is 1. The summed E-state index contributed by atoms with van der Waals surface area (Å²) in [6.45, 7) is 0.720. The quantitative estimate of drug-likeness (QED) is 0.526. The first-order chi connectivity index (χ1) is 7.38. The third-order valence-electron chi connectivity index (χ3n) is 2.10. The maximum Gasteiger partial charge on any atom is 0.161 e. The summed E-state index contributed by atoms with van der Waals surface area (Å²) < 4.78 is 10.8. The number of para-hydroxylation sites is 2. The number of hydrogen-bond donors (Lipinski definition) is 0. The van der Waals surface area contributed by atoms with Crippen molar-refractivity contribution >= 4 is 11.6 Å². The van der Waals surface area contributed by atoms with Crippen molar-refractivity contribution < 1.29 is 9.47 Å². The highest BCUT2D eigenvalue weighted by atomic mass is 35.5. The van der Waals surface area contributed by atoms with Crippen molar-refractivity contribution in [1.82, 2.24) is 0 Å². The van der Waals surface area contributed by atoms with E-state index in [9.17, 15) is 0 Å². The molecule has 0 fully saturated rings. The van der Waals surface area contributed by atoms with Crippen LogP contribution in [0.1, 0.15) is 19.3 Å². The van der Waals surface area contributed by atoms with Crippen LogP contribution in [0.25, 0.3) is 0 Å². The van der Waals surface area contributed by atoms with E-state index < -0.39 is 0 Å². The minimum Gasteiger partial charge on any atom is -0.493 e. The van der Waals surface area contributed by atoms with Gasteiger partial charge in [0.2, 0.25) is 0 Å². The maximum absolute atomic E-state index is 5.61. The highest BCUT2D eigenvalue weighted by molar-refractivity contribution is 6.17. The molecule has 0 N–H and O–H groups in total. The third-order valence-corrected chi connectivity index (χ3v) is 2.37. The second-order valence-electron chi connectivity index (χ2n) is 3.25. The molecule has 0 spiro atoms. The number of methoxy groups -OCH3 is 1. The first-order valence-corrected chi connectivity index (χ1v) is 5.73. The Hall–Kier alpha value is -0.890. The van der Waals surface area contributed by atoms with Gasteiger partial charge in [-0.3, -0.25) is 0 Å². The molecule has 0 unspecified atom stereocenters. The van der Waals surface area contributed by atoms with E-state index in [4.69, 9.17) is 21.1 Å². The number of rotatable bonds is 7. The average molecular weight is 229 g/mol. The van der Waals surface area contributed by atoms with Crippen molar-refractivity contribution in [3.63, 3.8) is 0 Å². The summed E-state index contributed by atoms with van der Waals surface area (Å²) in [5.41, 5.74) is 0. The van der Waals surface area contributed by atoms with Crippen LogP contribution in [0.4, 0.5) is 0 Å². The van der Waals surface area contributed by atoms with E-state index in [-0.39, 0.29) is 0 Å². The molecule has 0 bridgehead atoms. The molecule has 0 saturated heterocycles. The largest absolute Gasteiger partial charge is 0.493 e. The fraction of sp³-hybridized carbons (Fsp3) is 0.500. The molecule has 0 amide bonds. The summed E-state index contributed by atoms with van der Waals surface area (Å²) in [4.78, 5) is 0. The Labute approximate surface area is 96.2 Å². The molecule has 15 heavy (non-hydrogen) atoms. The molecule has 1 aromatic carbocycles. The Balaban J connectivity index is 2.30. The van der Waals surface area contributed by atoms with Gasteiger partial charge in [-0.2, -0.15) is 0 Å². The van der Waals surface area contributed by atoms with Crippen LogP contribution in [0.2, 0.25) is 0 Å². The van der Waals surface area contributed by atoms with Crippen LogP contribution in [0.3, 0.4) is 0 Å². The maximum atomic E-state index is 5.61. The monoisotopic (exact) mass is 228 g/mol. The predicted molar refractivity (Wildman–Crippen MR) is 63.1 cm³/mol. The van der Waals surface area contributed by atoms with Crippen molar-refractivity contribution in [2.24, 2.45) is 0 Å². The number of ether oxygens (including phenoxy) is 2. The fourth-order valence-corrected chi connectivity index (χ4v) is 1.48. The molecule has 0 aliphatic carbocycles. The van der Waals surface area contributed by atoms with E-state index in [0.717, 1.165) is 43.2 Å². The molecule has 0 saturated carbocycles. The van der Waals surface area contributed by atoms with Crippen molar-refractivity contribution in [1.29, 1.82) is 0 Å². The number of benzene rings is 1. The van der Waals surface area contributed by atoms with Gasteiger partial charge in [0.1, 0.15) is 0 Å². The minimum absolute atomic E-state index is 0.720. The average Bonchev–Trinajstić information content (AvgIpc) is 2.29. The lowest BCUT2D eigenvalue weighted by molar-refractivity contribution is 0.286. The predicted octanol–water partition coefficient (Wildman–Crippen LogP) is 3.48. The number of unbranched alkanes of at least 4 members (excludes halogenated alkanes) is 2. The highest BCUT2D eigenvalue weighted by Crippen LogP contribution is 2.25. The first-order valence-electron chi connectivity index (χ1n) is 5.20.